The molecule has 0 spiro atoms. The Hall–Kier alpha value is -2.83. The van der Waals surface area contributed by atoms with E-state index in [-0.39, 0.29) is 19.8 Å². The standard InChI is InChI=1S/C27H34N2O8S/c1-4-13-29(27(31)32)26-28-22-24(36-16-18-7-11-20(34-3)12-8-18)23(21(14-30)37-25(22)38-26)35-15-17-5-9-19(33-2)10-6-17/h5-12,21-25,30H,4,13-16H2,1-3H3,(H,31,32)/t21-,22-,23-,24-,25-/m1/s1. The zero-order valence-corrected chi connectivity index (χ0v) is 22.5. The Balaban J connectivity index is 1.58. The number of amides is 1. The van der Waals surface area contributed by atoms with Crippen molar-refractivity contribution in [2.75, 3.05) is 27.4 Å². The lowest BCUT2D eigenvalue weighted by Gasteiger charge is -2.42. The van der Waals surface area contributed by atoms with Gasteiger partial charge in [-0.3, -0.25) is 9.89 Å². The second-order valence-electron chi connectivity index (χ2n) is 8.93. The van der Waals surface area contributed by atoms with Gasteiger partial charge < -0.3 is 33.9 Å². The minimum absolute atomic E-state index is 0.259. The topological polar surface area (TPSA) is 119 Å². The summed E-state index contributed by atoms with van der Waals surface area (Å²) < 4.78 is 29.4. The van der Waals surface area contributed by atoms with Crippen LogP contribution in [0.2, 0.25) is 0 Å². The molecule has 2 aliphatic heterocycles. The fraction of sp³-hybridized carbons (Fsp3) is 0.481. The van der Waals surface area contributed by atoms with Gasteiger partial charge in [-0.25, -0.2) is 4.79 Å². The van der Waals surface area contributed by atoms with E-state index in [9.17, 15) is 15.0 Å². The molecular weight excluding hydrogens is 512 g/mol. The molecule has 5 atom stereocenters. The second kappa shape index (κ2) is 13.3. The van der Waals surface area contributed by atoms with Gasteiger partial charge in [0.05, 0.1) is 34.0 Å². The molecule has 2 N–H and O–H groups in total. The van der Waals surface area contributed by atoms with Crippen LogP contribution in [0.1, 0.15) is 24.5 Å². The number of rotatable bonds is 11. The average molecular weight is 547 g/mol. The molecule has 2 aliphatic rings. The summed E-state index contributed by atoms with van der Waals surface area (Å²) in [6, 6.07) is 14.5. The molecule has 2 heterocycles. The van der Waals surface area contributed by atoms with E-state index >= 15 is 0 Å². The number of benzene rings is 2. The van der Waals surface area contributed by atoms with Gasteiger partial charge in [0.25, 0.3) is 0 Å². The summed E-state index contributed by atoms with van der Waals surface area (Å²) in [7, 11) is 3.22. The van der Waals surface area contributed by atoms with Crippen LogP contribution in [0.3, 0.4) is 0 Å². The Morgan fingerprint density at radius 2 is 1.53 bits per heavy atom. The highest BCUT2D eigenvalue weighted by atomic mass is 32.2. The van der Waals surface area contributed by atoms with Gasteiger partial charge >= 0.3 is 6.09 Å². The van der Waals surface area contributed by atoms with Gasteiger partial charge in [0.2, 0.25) is 0 Å². The first-order chi connectivity index (χ1) is 18.5. The largest absolute Gasteiger partial charge is 0.497 e. The third-order valence-corrected chi connectivity index (χ3v) is 7.55. The number of hydrogen-bond acceptors (Lipinski definition) is 9. The van der Waals surface area contributed by atoms with Crippen molar-refractivity contribution >= 4 is 23.0 Å². The first-order valence-corrected chi connectivity index (χ1v) is 13.4. The van der Waals surface area contributed by atoms with Gasteiger partial charge in [0, 0.05) is 6.54 Å². The maximum Gasteiger partial charge on any atom is 0.413 e. The van der Waals surface area contributed by atoms with E-state index in [2.05, 4.69) is 0 Å². The van der Waals surface area contributed by atoms with Crippen molar-refractivity contribution in [3.8, 4) is 11.5 Å². The number of aliphatic hydroxyl groups is 1. The second-order valence-corrected chi connectivity index (χ2v) is 9.99. The number of hydrogen-bond donors (Lipinski definition) is 2. The van der Waals surface area contributed by atoms with E-state index in [1.165, 1.54) is 16.7 Å². The molecule has 0 aliphatic carbocycles. The van der Waals surface area contributed by atoms with Gasteiger partial charge in [0.1, 0.15) is 41.3 Å². The van der Waals surface area contributed by atoms with Crippen molar-refractivity contribution in [1.29, 1.82) is 0 Å². The molecule has 0 aromatic heterocycles. The molecule has 1 fully saturated rings. The van der Waals surface area contributed by atoms with E-state index in [1.807, 2.05) is 55.5 Å². The molecule has 0 radical (unpaired) electrons. The number of aliphatic imine (C=N–C) groups is 1. The number of aliphatic hydroxyl groups excluding tert-OH is 1. The molecule has 2 aromatic carbocycles. The zero-order chi connectivity index (χ0) is 27.1. The summed E-state index contributed by atoms with van der Waals surface area (Å²) in [4.78, 5) is 17.9. The summed E-state index contributed by atoms with van der Waals surface area (Å²) in [5.41, 5.74) is 1.34. The number of ether oxygens (including phenoxy) is 5. The quantitative estimate of drug-likeness (QED) is 0.434. The summed E-state index contributed by atoms with van der Waals surface area (Å²) >= 11 is 1.24. The van der Waals surface area contributed by atoms with Crippen LogP contribution in [0.5, 0.6) is 11.5 Å². The van der Waals surface area contributed by atoms with E-state index in [0.717, 1.165) is 22.6 Å². The molecule has 206 valence electrons. The SMILES string of the molecule is CCCN(C(=O)O)C1=N[C@@H]2[C@@H](OCc3ccc(OC)cc3)[C@H](OCc3ccc(OC)cc3)[C@@H](CO)O[C@@H]2S1. The Labute approximate surface area is 226 Å². The molecule has 1 saturated heterocycles. The zero-order valence-electron chi connectivity index (χ0n) is 21.7. The van der Waals surface area contributed by atoms with E-state index in [4.69, 9.17) is 28.7 Å². The highest BCUT2D eigenvalue weighted by Crippen LogP contribution is 2.40. The number of fused-ring (bicyclic) bond motifs is 1. The van der Waals surface area contributed by atoms with Crippen molar-refractivity contribution in [1.82, 2.24) is 4.90 Å². The molecular formula is C27H34N2O8S. The predicted octanol–water partition coefficient (Wildman–Crippen LogP) is 3.75. The summed E-state index contributed by atoms with van der Waals surface area (Å²) in [6.07, 6.45) is -2.34. The highest BCUT2D eigenvalue weighted by Gasteiger charge is 2.51. The Bertz CT molecular complexity index is 1080. The molecule has 38 heavy (non-hydrogen) atoms. The van der Waals surface area contributed by atoms with Crippen molar-refractivity contribution in [3.63, 3.8) is 0 Å². The number of thioether (sulfide) groups is 1. The predicted molar refractivity (Wildman–Crippen MR) is 143 cm³/mol. The first-order valence-electron chi connectivity index (χ1n) is 12.5. The number of carbonyl (C=O) groups is 1. The minimum Gasteiger partial charge on any atom is -0.497 e. The third-order valence-electron chi connectivity index (χ3n) is 6.39. The van der Waals surface area contributed by atoms with Crippen molar-refractivity contribution in [2.24, 2.45) is 4.99 Å². The number of amidine groups is 1. The lowest BCUT2D eigenvalue weighted by atomic mass is 9.97. The molecule has 10 nitrogen and oxygen atoms in total. The number of nitrogens with zero attached hydrogens (tertiary/aromatic N) is 2. The van der Waals surface area contributed by atoms with Crippen LogP contribution in [0, 0.1) is 0 Å². The summed E-state index contributed by atoms with van der Waals surface area (Å²) in [6.45, 7) is 2.47. The summed E-state index contributed by atoms with van der Waals surface area (Å²) in [5, 5.41) is 20.3. The lowest BCUT2D eigenvalue weighted by Crippen LogP contribution is -2.57. The minimum atomic E-state index is -1.07. The normalized spacial score (nSPS) is 24.4. The van der Waals surface area contributed by atoms with E-state index in [1.54, 1.807) is 14.2 Å². The Morgan fingerprint density at radius 3 is 2.00 bits per heavy atom. The molecule has 11 heteroatoms. The Kier molecular flexibility index (Phi) is 9.86. The molecule has 4 rings (SSSR count). The molecule has 2 aromatic rings. The van der Waals surface area contributed by atoms with Gasteiger partial charge in [-0.15, -0.1) is 0 Å². The van der Waals surface area contributed by atoms with E-state index in [0.29, 0.717) is 18.1 Å². The van der Waals surface area contributed by atoms with Crippen LogP contribution in [0.4, 0.5) is 4.79 Å². The molecule has 0 bridgehead atoms. The highest BCUT2D eigenvalue weighted by molar-refractivity contribution is 8.14. The Morgan fingerprint density at radius 1 is 0.974 bits per heavy atom. The molecule has 1 amide bonds. The fourth-order valence-electron chi connectivity index (χ4n) is 4.39. The molecule has 0 unspecified atom stereocenters. The van der Waals surface area contributed by atoms with Crippen LogP contribution in [-0.4, -0.2) is 83.5 Å². The lowest BCUT2D eigenvalue weighted by molar-refractivity contribution is -0.205. The van der Waals surface area contributed by atoms with Crippen LogP contribution in [0.25, 0.3) is 0 Å². The van der Waals surface area contributed by atoms with Crippen molar-refractivity contribution in [3.05, 3.63) is 59.7 Å². The van der Waals surface area contributed by atoms with Gasteiger partial charge in [-0.2, -0.15) is 0 Å². The number of carboxylic acid groups (broad SMARTS) is 1. The van der Waals surface area contributed by atoms with Gasteiger partial charge in [-0.05, 0) is 41.8 Å². The molecule has 0 saturated carbocycles. The fourth-order valence-corrected chi connectivity index (χ4v) is 5.63. The van der Waals surface area contributed by atoms with Crippen LogP contribution >= 0.6 is 11.8 Å². The van der Waals surface area contributed by atoms with Crippen molar-refractivity contribution in [2.45, 2.75) is 56.3 Å². The monoisotopic (exact) mass is 546 g/mol. The van der Waals surface area contributed by atoms with Crippen LogP contribution < -0.4 is 9.47 Å². The average Bonchev–Trinajstić information content (AvgIpc) is 3.37. The number of methoxy groups -OCH3 is 2. The van der Waals surface area contributed by atoms with Crippen molar-refractivity contribution < 1.29 is 38.7 Å². The maximum absolute atomic E-state index is 11.9. The summed E-state index contributed by atoms with van der Waals surface area (Å²) in [5.74, 6) is 1.48. The van der Waals surface area contributed by atoms with Gasteiger partial charge in [0.15, 0.2) is 5.17 Å². The first kappa shape index (κ1) is 28.2. The van der Waals surface area contributed by atoms with Crippen LogP contribution in [-0.2, 0) is 27.4 Å². The maximum atomic E-state index is 11.9. The smallest absolute Gasteiger partial charge is 0.413 e. The van der Waals surface area contributed by atoms with E-state index < -0.39 is 35.9 Å². The van der Waals surface area contributed by atoms with Gasteiger partial charge in [-0.1, -0.05) is 43.0 Å². The van der Waals surface area contributed by atoms with Crippen LogP contribution in [0.15, 0.2) is 53.5 Å². The third kappa shape index (κ3) is 6.59.